The van der Waals surface area contributed by atoms with Crippen LogP contribution < -0.4 is 5.32 Å². The second-order valence-electron chi connectivity index (χ2n) is 4.98. The number of nitrogens with one attached hydrogen (secondary N) is 1. The highest BCUT2D eigenvalue weighted by Crippen LogP contribution is 2.30. The molecule has 0 heterocycles. The first-order valence-electron chi connectivity index (χ1n) is 6.58. The third-order valence-electron chi connectivity index (χ3n) is 3.39. The third kappa shape index (κ3) is 3.88. The first-order valence-corrected chi connectivity index (χ1v) is 7.33. The van der Waals surface area contributed by atoms with E-state index in [4.69, 9.17) is 23.2 Å². The van der Waals surface area contributed by atoms with Gasteiger partial charge in [0.15, 0.2) is 0 Å². The zero-order valence-corrected chi connectivity index (χ0v) is 13.2. The molecule has 2 atom stereocenters. The molecule has 0 fully saturated rings. The fourth-order valence-electron chi connectivity index (χ4n) is 2.29. The summed E-state index contributed by atoms with van der Waals surface area (Å²) < 4.78 is 13.0. The molecule has 0 saturated heterocycles. The minimum Gasteiger partial charge on any atom is -0.508 e. The van der Waals surface area contributed by atoms with Gasteiger partial charge in [-0.25, -0.2) is 4.39 Å². The van der Waals surface area contributed by atoms with Crippen molar-refractivity contribution in [2.24, 2.45) is 0 Å². The molecule has 2 unspecified atom stereocenters. The van der Waals surface area contributed by atoms with E-state index < -0.39 is 5.82 Å². The van der Waals surface area contributed by atoms with E-state index in [1.54, 1.807) is 18.2 Å². The van der Waals surface area contributed by atoms with Gasteiger partial charge in [-0.15, -0.1) is 0 Å². The van der Waals surface area contributed by atoms with Gasteiger partial charge in [-0.1, -0.05) is 35.3 Å². The summed E-state index contributed by atoms with van der Waals surface area (Å²) in [5, 5.41) is 14.3. The van der Waals surface area contributed by atoms with E-state index in [0.717, 1.165) is 11.6 Å². The molecule has 0 aromatic heterocycles. The van der Waals surface area contributed by atoms with E-state index in [2.05, 4.69) is 5.32 Å². The lowest BCUT2D eigenvalue weighted by molar-refractivity contribution is 0.434. The number of hydrogen-bond donors (Lipinski definition) is 2. The largest absolute Gasteiger partial charge is 0.508 e. The van der Waals surface area contributed by atoms with Crippen LogP contribution in [0.15, 0.2) is 36.4 Å². The Labute approximate surface area is 133 Å². The number of halogens is 3. The predicted molar refractivity (Wildman–Crippen MR) is 84.5 cm³/mol. The normalized spacial score (nSPS) is 14.0. The summed E-state index contributed by atoms with van der Waals surface area (Å²) in [4.78, 5) is 0. The van der Waals surface area contributed by atoms with Crippen LogP contribution in [0.1, 0.15) is 37.1 Å². The van der Waals surface area contributed by atoms with Crippen LogP contribution in [0.4, 0.5) is 4.39 Å². The van der Waals surface area contributed by atoms with Gasteiger partial charge in [-0.3, -0.25) is 0 Å². The first kappa shape index (κ1) is 16.1. The van der Waals surface area contributed by atoms with Gasteiger partial charge in [0.1, 0.15) is 11.6 Å². The Bertz CT molecular complexity index is 593. The molecule has 2 aromatic rings. The smallest absolute Gasteiger partial charge is 0.126 e. The topological polar surface area (TPSA) is 32.3 Å². The predicted octanol–water partition coefficient (Wildman–Crippen LogP) is 5.25. The van der Waals surface area contributed by atoms with Gasteiger partial charge in [0.05, 0.1) is 0 Å². The van der Waals surface area contributed by atoms with E-state index >= 15 is 0 Å². The van der Waals surface area contributed by atoms with Gasteiger partial charge < -0.3 is 10.4 Å². The highest BCUT2D eigenvalue weighted by molar-refractivity contribution is 6.35. The van der Waals surface area contributed by atoms with Crippen LogP contribution in [-0.4, -0.2) is 5.11 Å². The lowest BCUT2D eigenvalue weighted by atomic mass is 10.0. The van der Waals surface area contributed by atoms with Gasteiger partial charge in [0, 0.05) is 33.8 Å². The van der Waals surface area contributed by atoms with Crippen molar-refractivity contribution in [3.8, 4) is 5.75 Å². The zero-order valence-electron chi connectivity index (χ0n) is 11.7. The van der Waals surface area contributed by atoms with Gasteiger partial charge in [-0.05, 0) is 37.6 Å². The van der Waals surface area contributed by atoms with E-state index in [0.29, 0.717) is 15.6 Å². The van der Waals surface area contributed by atoms with E-state index in [9.17, 15) is 9.50 Å². The van der Waals surface area contributed by atoms with Crippen LogP contribution in [0.5, 0.6) is 5.75 Å². The highest BCUT2D eigenvalue weighted by Gasteiger charge is 2.16. The number of benzene rings is 2. The molecule has 2 N–H and O–H groups in total. The average molecular weight is 328 g/mol. The molecule has 0 spiro atoms. The summed E-state index contributed by atoms with van der Waals surface area (Å²) >= 11 is 12.1. The fraction of sp³-hybridized carbons (Fsp3) is 0.250. The lowest BCUT2D eigenvalue weighted by Crippen LogP contribution is -2.22. The van der Waals surface area contributed by atoms with Gasteiger partial charge in [0.2, 0.25) is 0 Å². The van der Waals surface area contributed by atoms with Crippen LogP contribution in [-0.2, 0) is 0 Å². The Morgan fingerprint density at radius 3 is 2.24 bits per heavy atom. The van der Waals surface area contributed by atoms with Crippen LogP contribution in [0.25, 0.3) is 0 Å². The number of phenolic OH excluding ortho intramolecular Hbond substituents is 1. The molecule has 112 valence electrons. The number of hydrogen-bond acceptors (Lipinski definition) is 2. The standard InChI is InChI=1S/C16H16Cl2FNO/c1-9(13-5-3-11(17)7-15(13)18)20-10(2)14-6-4-12(19)8-16(14)21/h3-10,20-21H,1-2H3. The van der Waals surface area contributed by atoms with Crippen molar-refractivity contribution in [3.05, 3.63) is 63.4 Å². The number of rotatable bonds is 4. The Kier molecular flexibility index (Phi) is 5.09. The van der Waals surface area contributed by atoms with Crippen LogP contribution >= 0.6 is 23.2 Å². The summed E-state index contributed by atoms with van der Waals surface area (Å²) in [6.07, 6.45) is 0. The quantitative estimate of drug-likeness (QED) is 0.803. The van der Waals surface area contributed by atoms with Gasteiger partial charge >= 0.3 is 0 Å². The molecular formula is C16H16Cl2FNO. The minimum absolute atomic E-state index is 0.0470. The molecule has 0 radical (unpaired) electrons. The monoisotopic (exact) mass is 327 g/mol. The molecule has 2 aromatic carbocycles. The Balaban J connectivity index is 2.16. The molecule has 0 aliphatic carbocycles. The van der Waals surface area contributed by atoms with Crippen molar-refractivity contribution in [2.75, 3.05) is 0 Å². The zero-order chi connectivity index (χ0) is 15.6. The summed E-state index contributed by atoms with van der Waals surface area (Å²) in [7, 11) is 0. The van der Waals surface area contributed by atoms with Crippen molar-refractivity contribution in [2.45, 2.75) is 25.9 Å². The molecule has 0 saturated carbocycles. The number of phenols is 1. The molecule has 0 aliphatic heterocycles. The Hall–Kier alpha value is -1.29. The average Bonchev–Trinajstić information content (AvgIpc) is 2.37. The van der Waals surface area contributed by atoms with E-state index in [1.165, 1.54) is 6.07 Å². The fourth-order valence-corrected chi connectivity index (χ4v) is 2.86. The molecule has 0 amide bonds. The molecule has 0 bridgehead atoms. The van der Waals surface area contributed by atoms with Crippen molar-refractivity contribution in [1.82, 2.24) is 5.32 Å². The van der Waals surface area contributed by atoms with Crippen molar-refractivity contribution >= 4 is 23.2 Å². The molecule has 21 heavy (non-hydrogen) atoms. The summed E-state index contributed by atoms with van der Waals surface area (Å²) in [5.41, 5.74) is 1.54. The SMILES string of the molecule is CC(NC(C)c1ccc(Cl)cc1Cl)c1ccc(F)cc1O. The molecule has 0 aliphatic rings. The van der Waals surface area contributed by atoms with Gasteiger partial charge in [-0.2, -0.15) is 0 Å². The molecule has 2 nitrogen and oxygen atoms in total. The Morgan fingerprint density at radius 2 is 1.62 bits per heavy atom. The molecule has 2 rings (SSSR count). The second-order valence-corrected chi connectivity index (χ2v) is 5.82. The second kappa shape index (κ2) is 6.65. The van der Waals surface area contributed by atoms with Crippen LogP contribution in [0.3, 0.4) is 0 Å². The summed E-state index contributed by atoms with van der Waals surface area (Å²) in [6, 6.07) is 9.12. The maximum absolute atomic E-state index is 13.0. The van der Waals surface area contributed by atoms with E-state index in [-0.39, 0.29) is 17.8 Å². The summed E-state index contributed by atoms with van der Waals surface area (Å²) in [6.45, 7) is 3.86. The molecule has 5 heteroatoms. The highest BCUT2D eigenvalue weighted by atomic mass is 35.5. The van der Waals surface area contributed by atoms with Crippen molar-refractivity contribution in [1.29, 1.82) is 0 Å². The lowest BCUT2D eigenvalue weighted by Gasteiger charge is -2.22. The van der Waals surface area contributed by atoms with E-state index in [1.807, 2.05) is 19.9 Å². The van der Waals surface area contributed by atoms with Gasteiger partial charge in [0.25, 0.3) is 0 Å². The minimum atomic E-state index is -0.461. The van der Waals surface area contributed by atoms with Crippen LogP contribution in [0.2, 0.25) is 10.0 Å². The first-order chi connectivity index (χ1) is 9.88. The maximum Gasteiger partial charge on any atom is 0.126 e. The number of aromatic hydroxyl groups is 1. The van der Waals surface area contributed by atoms with Crippen LogP contribution in [0, 0.1) is 5.82 Å². The third-order valence-corrected chi connectivity index (χ3v) is 3.95. The molecular weight excluding hydrogens is 312 g/mol. The maximum atomic E-state index is 13.0. The Morgan fingerprint density at radius 1 is 1.00 bits per heavy atom. The van der Waals surface area contributed by atoms with Crippen molar-refractivity contribution < 1.29 is 9.50 Å². The van der Waals surface area contributed by atoms with Crippen molar-refractivity contribution in [3.63, 3.8) is 0 Å². The summed E-state index contributed by atoms with van der Waals surface area (Å²) in [5.74, 6) is -0.526.